The maximum absolute atomic E-state index is 13.8. The molecule has 2 aliphatic heterocycles. The normalized spacial score (nSPS) is 22.6. The standard InChI is InChI=1S/C20H22BrF3N4O/c21-14-7-5-13(6-8-14)16-11-17(20(22,23)24)28-18(26-16)15(12-25-28)19(29)27-9-3-1-2-4-10-27/h5-8,12,16-17,26H,1-4,9-11H2/t16-,17-/m1/s1. The Kier molecular flexibility index (Phi) is 5.59. The lowest BCUT2D eigenvalue weighted by molar-refractivity contribution is -0.173. The minimum Gasteiger partial charge on any atom is -0.363 e. The summed E-state index contributed by atoms with van der Waals surface area (Å²) in [7, 11) is 0. The summed E-state index contributed by atoms with van der Waals surface area (Å²) >= 11 is 3.35. The van der Waals surface area contributed by atoms with Crippen LogP contribution in [0.4, 0.5) is 19.0 Å². The van der Waals surface area contributed by atoms with Crippen LogP contribution in [0.2, 0.25) is 0 Å². The first-order valence-corrected chi connectivity index (χ1v) is 10.6. The molecule has 29 heavy (non-hydrogen) atoms. The molecule has 1 aromatic heterocycles. The van der Waals surface area contributed by atoms with Gasteiger partial charge in [-0.05, 0) is 30.5 Å². The van der Waals surface area contributed by atoms with Crippen molar-refractivity contribution in [2.24, 2.45) is 0 Å². The number of carbonyl (C=O) groups is 1. The summed E-state index contributed by atoms with van der Waals surface area (Å²) in [5.74, 6) is -0.0984. The van der Waals surface area contributed by atoms with Crippen molar-refractivity contribution in [3.8, 4) is 0 Å². The Hall–Kier alpha value is -2.03. The predicted molar refractivity (Wildman–Crippen MR) is 107 cm³/mol. The number of halogens is 4. The van der Waals surface area contributed by atoms with E-state index in [-0.39, 0.29) is 23.7 Å². The van der Waals surface area contributed by atoms with Crippen molar-refractivity contribution in [3.63, 3.8) is 0 Å². The van der Waals surface area contributed by atoms with E-state index < -0.39 is 18.3 Å². The lowest BCUT2D eigenvalue weighted by Crippen LogP contribution is -2.37. The van der Waals surface area contributed by atoms with Gasteiger partial charge in [0.1, 0.15) is 11.4 Å². The van der Waals surface area contributed by atoms with Gasteiger partial charge in [-0.25, -0.2) is 4.68 Å². The molecule has 1 amide bonds. The number of aromatic nitrogens is 2. The van der Waals surface area contributed by atoms with E-state index >= 15 is 0 Å². The number of amides is 1. The van der Waals surface area contributed by atoms with E-state index in [1.54, 1.807) is 29.2 Å². The number of anilines is 1. The van der Waals surface area contributed by atoms with Crippen LogP contribution in [-0.4, -0.2) is 39.9 Å². The number of nitrogens with one attached hydrogen (secondary N) is 1. The maximum atomic E-state index is 13.8. The third-order valence-electron chi connectivity index (χ3n) is 5.63. The molecule has 0 bridgehead atoms. The van der Waals surface area contributed by atoms with Gasteiger partial charge in [-0.3, -0.25) is 4.79 Å². The molecule has 2 atom stereocenters. The predicted octanol–water partition coefficient (Wildman–Crippen LogP) is 5.32. The van der Waals surface area contributed by atoms with Gasteiger partial charge in [-0.15, -0.1) is 0 Å². The van der Waals surface area contributed by atoms with Crippen molar-refractivity contribution in [2.45, 2.75) is 50.4 Å². The summed E-state index contributed by atoms with van der Waals surface area (Å²) in [6.45, 7) is 1.25. The highest BCUT2D eigenvalue weighted by Crippen LogP contribution is 2.44. The monoisotopic (exact) mass is 470 g/mol. The second kappa shape index (κ2) is 8.01. The van der Waals surface area contributed by atoms with Crippen molar-refractivity contribution in [1.29, 1.82) is 0 Å². The Labute approximate surface area is 175 Å². The van der Waals surface area contributed by atoms with Crippen molar-refractivity contribution in [1.82, 2.24) is 14.7 Å². The summed E-state index contributed by atoms with van der Waals surface area (Å²) in [6, 6.07) is 4.84. The van der Waals surface area contributed by atoms with Crippen molar-refractivity contribution < 1.29 is 18.0 Å². The molecule has 1 fully saturated rings. The van der Waals surface area contributed by atoms with Crippen LogP contribution in [0.3, 0.4) is 0 Å². The van der Waals surface area contributed by atoms with Gasteiger partial charge in [-0.2, -0.15) is 18.3 Å². The van der Waals surface area contributed by atoms with Crippen LogP contribution in [0.25, 0.3) is 0 Å². The van der Waals surface area contributed by atoms with Gasteiger partial charge >= 0.3 is 6.18 Å². The average molecular weight is 471 g/mol. The number of likely N-dealkylation sites (tertiary alicyclic amines) is 1. The summed E-state index contributed by atoms with van der Waals surface area (Å²) < 4.78 is 43.2. The quantitative estimate of drug-likeness (QED) is 0.645. The highest BCUT2D eigenvalue weighted by molar-refractivity contribution is 9.10. The molecule has 3 heterocycles. The Morgan fingerprint density at radius 2 is 1.76 bits per heavy atom. The number of alkyl halides is 3. The van der Waals surface area contributed by atoms with E-state index in [2.05, 4.69) is 26.3 Å². The van der Waals surface area contributed by atoms with Crippen molar-refractivity contribution in [3.05, 3.63) is 46.1 Å². The topological polar surface area (TPSA) is 50.2 Å². The molecule has 2 aliphatic rings. The molecule has 9 heteroatoms. The molecular formula is C20H22BrF3N4O. The van der Waals surface area contributed by atoms with E-state index in [1.165, 1.54) is 6.20 Å². The molecule has 0 spiro atoms. The van der Waals surface area contributed by atoms with Crippen molar-refractivity contribution >= 4 is 27.7 Å². The first kappa shape index (κ1) is 20.3. The second-order valence-corrected chi connectivity index (χ2v) is 8.52. The Bertz CT molecular complexity index is 873. The largest absolute Gasteiger partial charge is 0.410 e. The van der Waals surface area contributed by atoms with Crippen LogP contribution in [0, 0.1) is 0 Å². The van der Waals surface area contributed by atoms with Crippen LogP contribution in [0.1, 0.15) is 60.1 Å². The third-order valence-corrected chi connectivity index (χ3v) is 6.16. The highest BCUT2D eigenvalue weighted by Gasteiger charge is 2.47. The molecule has 0 unspecified atom stereocenters. The van der Waals surface area contributed by atoms with Gasteiger partial charge in [0.25, 0.3) is 5.91 Å². The van der Waals surface area contributed by atoms with E-state index in [4.69, 9.17) is 0 Å². The number of fused-ring (bicyclic) bond motifs is 1. The fourth-order valence-electron chi connectivity index (χ4n) is 4.08. The molecule has 4 rings (SSSR count). The first-order valence-electron chi connectivity index (χ1n) is 9.80. The molecule has 0 saturated carbocycles. The van der Waals surface area contributed by atoms with Crippen LogP contribution in [0.5, 0.6) is 0 Å². The van der Waals surface area contributed by atoms with E-state index in [1.807, 2.05) is 0 Å². The maximum Gasteiger partial charge on any atom is 0.410 e. The number of carbonyl (C=O) groups excluding carboxylic acids is 1. The molecule has 1 aromatic carbocycles. The minimum absolute atomic E-state index is 0.153. The second-order valence-electron chi connectivity index (χ2n) is 7.60. The number of nitrogens with zero attached hydrogens (tertiary/aromatic N) is 3. The fraction of sp³-hybridized carbons (Fsp3) is 0.500. The number of benzene rings is 1. The number of hydrogen-bond donors (Lipinski definition) is 1. The van der Waals surface area contributed by atoms with Gasteiger partial charge in [0.05, 0.1) is 12.2 Å². The lowest BCUT2D eigenvalue weighted by Gasteiger charge is -2.34. The molecular weight excluding hydrogens is 449 g/mol. The Balaban J connectivity index is 1.69. The summed E-state index contributed by atoms with van der Waals surface area (Å²) in [6.07, 6.45) is 0.589. The molecule has 1 N–H and O–H groups in total. The summed E-state index contributed by atoms with van der Waals surface area (Å²) in [5.41, 5.74) is 0.950. The van der Waals surface area contributed by atoms with E-state index in [0.29, 0.717) is 13.1 Å². The molecule has 1 saturated heterocycles. The smallest absolute Gasteiger partial charge is 0.363 e. The zero-order valence-electron chi connectivity index (χ0n) is 15.8. The molecule has 5 nitrogen and oxygen atoms in total. The van der Waals surface area contributed by atoms with E-state index in [9.17, 15) is 18.0 Å². The highest BCUT2D eigenvalue weighted by atomic mass is 79.9. The molecule has 2 aromatic rings. The summed E-state index contributed by atoms with van der Waals surface area (Å²) in [5, 5.41) is 7.12. The van der Waals surface area contributed by atoms with Gasteiger partial charge in [0.2, 0.25) is 0 Å². The van der Waals surface area contributed by atoms with Crippen LogP contribution in [-0.2, 0) is 0 Å². The van der Waals surface area contributed by atoms with Crippen LogP contribution in [0.15, 0.2) is 34.9 Å². The zero-order valence-corrected chi connectivity index (χ0v) is 17.3. The Morgan fingerprint density at radius 1 is 1.10 bits per heavy atom. The SMILES string of the molecule is O=C(c1cnn2c1N[C@@H](c1ccc(Br)cc1)C[C@@H]2C(F)(F)F)N1CCCCCC1. The minimum atomic E-state index is -4.46. The average Bonchev–Trinajstić information content (AvgIpc) is 2.92. The number of rotatable bonds is 2. The zero-order chi connectivity index (χ0) is 20.6. The van der Waals surface area contributed by atoms with Gasteiger partial charge in [0, 0.05) is 24.0 Å². The third kappa shape index (κ3) is 4.15. The molecule has 0 aliphatic carbocycles. The van der Waals surface area contributed by atoms with Gasteiger partial charge in [-0.1, -0.05) is 40.9 Å². The first-order chi connectivity index (χ1) is 13.8. The van der Waals surface area contributed by atoms with E-state index in [0.717, 1.165) is 40.4 Å². The molecule has 0 radical (unpaired) electrons. The Morgan fingerprint density at radius 3 is 2.38 bits per heavy atom. The van der Waals surface area contributed by atoms with Gasteiger partial charge in [0.15, 0.2) is 6.04 Å². The van der Waals surface area contributed by atoms with Crippen LogP contribution >= 0.6 is 15.9 Å². The lowest BCUT2D eigenvalue weighted by atomic mass is 9.96. The molecule has 156 valence electrons. The fourth-order valence-corrected chi connectivity index (χ4v) is 4.34. The van der Waals surface area contributed by atoms with Crippen LogP contribution < -0.4 is 5.32 Å². The number of hydrogen-bond acceptors (Lipinski definition) is 3. The van der Waals surface area contributed by atoms with Crippen molar-refractivity contribution in [2.75, 3.05) is 18.4 Å². The van der Waals surface area contributed by atoms with Gasteiger partial charge < -0.3 is 10.2 Å². The summed E-state index contributed by atoms with van der Waals surface area (Å²) in [4.78, 5) is 14.8.